The van der Waals surface area contributed by atoms with E-state index >= 15 is 0 Å². The van der Waals surface area contributed by atoms with Crippen LogP contribution in [-0.4, -0.2) is 30.9 Å². The van der Waals surface area contributed by atoms with Crippen LogP contribution in [0.5, 0.6) is 0 Å². The molecule has 0 unspecified atom stereocenters. The lowest BCUT2D eigenvalue weighted by Gasteiger charge is -2.00. The number of nitrogens with zero attached hydrogens (tertiary/aromatic N) is 4. The second-order valence-corrected chi connectivity index (χ2v) is 4.33. The zero-order valence-corrected chi connectivity index (χ0v) is 11.4. The molecule has 0 aliphatic rings. The van der Waals surface area contributed by atoms with Crippen molar-refractivity contribution in [2.75, 3.05) is 5.32 Å². The second kappa shape index (κ2) is 5.64. The summed E-state index contributed by atoms with van der Waals surface area (Å²) in [6, 6.07) is 0. The van der Waals surface area contributed by atoms with Gasteiger partial charge in [0.2, 0.25) is 5.82 Å². The minimum Gasteiger partial charge on any atom is -0.316 e. The number of aryl methyl sites for hydroxylation is 3. The Morgan fingerprint density at radius 1 is 1.47 bits per heavy atom. The van der Waals surface area contributed by atoms with Crippen LogP contribution in [0.3, 0.4) is 0 Å². The normalized spacial score (nSPS) is 10.7. The number of carbonyl (C=O) groups is 1. The van der Waals surface area contributed by atoms with Gasteiger partial charge >= 0.3 is 0 Å². The highest BCUT2D eigenvalue weighted by Crippen LogP contribution is 2.14. The summed E-state index contributed by atoms with van der Waals surface area (Å²) in [4.78, 5) is 16.2. The largest absolute Gasteiger partial charge is 0.316 e. The first-order chi connectivity index (χ1) is 9.13. The van der Waals surface area contributed by atoms with Crippen molar-refractivity contribution in [2.24, 2.45) is 7.05 Å². The van der Waals surface area contributed by atoms with Gasteiger partial charge < -0.3 is 5.32 Å². The van der Waals surface area contributed by atoms with Gasteiger partial charge in [-0.3, -0.25) is 14.6 Å². The van der Waals surface area contributed by atoms with Crippen molar-refractivity contribution >= 4 is 11.6 Å². The summed E-state index contributed by atoms with van der Waals surface area (Å²) < 4.78 is 1.68. The molecular formula is C12H18N6O. The maximum Gasteiger partial charge on any atom is 0.295 e. The SMILES string of the molecule is CCCc1nc(C(=O)Nc2cn(C)nc2CC)n[nH]1. The van der Waals surface area contributed by atoms with Crippen LogP contribution in [0.2, 0.25) is 0 Å². The summed E-state index contributed by atoms with van der Waals surface area (Å²) in [7, 11) is 1.82. The first-order valence-corrected chi connectivity index (χ1v) is 6.39. The molecule has 19 heavy (non-hydrogen) atoms. The van der Waals surface area contributed by atoms with Crippen LogP contribution in [-0.2, 0) is 19.9 Å². The molecule has 2 N–H and O–H groups in total. The molecular weight excluding hydrogens is 244 g/mol. The Morgan fingerprint density at radius 3 is 2.95 bits per heavy atom. The summed E-state index contributed by atoms with van der Waals surface area (Å²) in [6.07, 6.45) is 4.27. The van der Waals surface area contributed by atoms with Crippen LogP contribution in [0, 0.1) is 0 Å². The molecule has 2 aromatic heterocycles. The molecule has 0 fully saturated rings. The van der Waals surface area contributed by atoms with E-state index in [0.717, 1.165) is 30.8 Å². The Bertz CT molecular complexity index is 571. The van der Waals surface area contributed by atoms with Crippen LogP contribution < -0.4 is 5.32 Å². The molecule has 0 atom stereocenters. The van der Waals surface area contributed by atoms with E-state index in [2.05, 4.69) is 25.6 Å². The second-order valence-electron chi connectivity index (χ2n) is 4.33. The van der Waals surface area contributed by atoms with E-state index in [9.17, 15) is 4.79 Å². The monoisotopic (exact) mass is 262 g/mol. The number of hydrogen-bond acceptors (Lipinski definition) is 4. The molecule has 2 heterocycles. The summed E-state index contributed by atoms with van der Waals surface area (Å²) in [5, 5.41) is 13.7. The molecule has 102 valence electrons. The van der Waals surface area contributed by atoms with Gasteiger partial charge in [0.15, 0.2) is 0 Å². The highest BCUT2D eigenvalue weighted by molar-refractivity contribution is 6.01. The number of aromatic nitrogens is 5. The molecule has 0 bridgehead atoms. The number of hydrogen-bond donors (Lipinski definition) is 2. The van der Waals surface area contributed by atoms with Crippen molar-refractivity contribution in [3.05, 3.63) is 23.5 Å². The third-order valence-electron chi connectivity index (χ3n) is 2.71. The number of H-pyrrole nitrogens is 1. The highest BCUT2D eigenvalue weighted by atomic mass is 16.2. The van der Waals surface area contributed by atoms with Gasteiger partial charge in [0.1, 0.15) is 5.82 Å². The number of rotatable bonds is 5. The predicted molar refractivity (Wildman–Crippen MR) is 70.9 cm³/mol. The lowest BCUT2D eigenvalue weighted by Crippen LogP contribution is -2.14. The van der Waals surface area contributed by atoms with Crippen LogP contribution in [0.25, 0.3) is 0 Å². The van der Waals surface area contributed by atoms with Gasteiger partial charge in [-0.25, -0.2) is 4.98 Å². The molecule has 0 saturated heterocycles. The minimum absolute atomic E-state index is 0.161. The fraction of sp³-hybridized carbons (Fsp3) is 0.500. The Kier molecular flexibility index (Phi) is 3.94. The smallest absolute Gasteiger partial charge is 0.295 e. The molecule has 0 saturated carbocycles. The number of amides is 1. The molecule has 0 aliphatic carbocycles. The van der Waals surface area contributed by atoms with E-state index < -0.39 is 0 Å². The fourth-order valence-corrected chi connectivity index (χ4v) is 1.82. The van der Waals surface area contributed by atoms with E-state index in [4.69, 9.17) is 0 Å². The standard InChI is InChI=1S/C12H18N6O/c1-4-6-10-14-11(16-15-10)12(19)13-9-7-18(3)17-8(9)5-2/h7H,4-6H2,1-3H3,(H,13,19)(H,14,15,16). The van der Waals surface area contributed by atoms with E-state index in [1.54, 1.807) is 10.9 Å². The Labute approximate surface area is 111 Å². The summed E-state index contributed by atoms with van der Waals surface area (Å²) >= 11 is 0. The number of nitrogens with one attached hydrogen (secondary N) is 2. The van der Waals surface area contributed by atoms with Gasteiger partial charge in [-0.1, -0.05) is 13.8 Å². The predicted octanol–water partition coefficient (Wildman–Crippen LogP) is 1.31. The average molecular weight is 262 g/mol. The molecule has 7 heteroatoms. The molecule has 2 rings (SSSR count). The van der Waals surface area contributed by atoms with E-state index in [1.165, 1.54) is 0 Å². The van der Waals surface area contributed by atoms with E-state index in [0.29, 0.717) is 5.69 Å². The van der Waals surface area contributed by atoms with Crippen LogP contribution >= 0.6 is 0 Å². The molecule has 0 aromatic carbocycles. The van der Waals surface area contributed by atoms with Crippen LogP contribution in [0.1, 0.15) is 42.4 Å². The molecule has 0 spiro atoms. The van der Waals surface area contributed by atoms with Crippen molar-refractivity contribution in [1.82, 2.24) is 25.0 Å². The van der Waals surface area contributed by atoms with Gasteiger partial charge in [-0.2, -0.15) is 5.10 Å². The van der Waals surface area contributed by atoms with Crippen molar-refractivity contribution < 1.29 is 4.79 Å². The number of aromatic amines is 1. The zero-order chi connectivity index (χ0) is 13.8. The highest BCUT2D eigenvalue weighted by Gasteiger charge is 2.15. The van der Waals surface area contributed by atoms with Gasteiger partial charge in [-0.05, 0) is 12.8 Å². The third-order valence-corrected chi connectivity index (χ3v) is 2.71. The Balaban J connectivity index is 2.11. The van der Waals surface area contributed by atoms with Gasteiger partial charge in [0.05, 0.1) is 11.4 Å². The van der Waals surface area contributed by atoms with Gasteiger partial charge in [0, 0.05) is 19.7 Å². The van der Waals surface area contributed by atoms with E-state index in [-0.39, 0.29) is 11.7 Å². The van der Waals surface area contributed by atoms with Crippen LogP contribution in [0.15, 0.2) is 6.20 Å². The maximum absolute atomic E-state index is 12.0. The molecule has 7 nitrogen and oxygen atoms in total. The van der Waals surface area contributed by atoms with E-state index in [1.807, 2.05) is 20.9 Å². The molecule has 1 amide bonds. The molecule has 0 aliphatic heterocycles. The third kappa shape index (κ3) is 2.98. The van der Waals surface area contributed by atoms with Gasteiger partial charge in [-0.15, -0.1) is 5.10 Å². The van der Waals surface area contributed by atoms with Crippen molar-refractivity contribution in [3.8, 4) is 0 Å². The lowest BCUT2D eigenvalue weighted by atomic mass is 10.3. The van der Waals surface area contributed by atoms with Crippen molar-refractivity contribution in [1.29, 1.82) is 0 Å². The number of anilines is 1. The first-order valence-electron chi connectivity index (χ1n) is 6.39. The maximum atomic E-state index is 12.0. The fourth-order valence-electron chi connectivity index (χ4n) is 1.82. The molecule has 0 radical (unpaired) electrons. The molecule has 2 aromatic rings. The Morgan fingerprint density at radius 2 is 2.26 bits per heavy atom. The number of carbonyl (C=O) groups excluding carboxylic acids is 1. The summed E-state index contributed by atoms with van der Waals surface area (Å²) in [5.41, 5.74) is 1.55. The summed E-state index contributed by atoms with van der Waals surface area (Å²) in [6.45, 7) is 4.04. The lowest BCUT2D eigenvalue weighted by molar-refractivity contribution is 0.101. The quantitative estimate of drug-likeness (QED) is 0.850. The first kappa shape index (κ1) is 13.3. The van der Waals surface area contributed by atoms with Crippen molar-refractivity contribution in [3.63, 3.8) is 0 Å². The average Bonchev–Trinajstić information content (AvgIpc) is 2.96. The van der Waals surface area contributed by atoms with Gasteiger partial charge in [0.25, 0.3) is 5.91 Å². The summed E-state index contributed by atoms with van der Waals surface area (Å²) in [5.74, 6) is 0.574. The Hall–Kier alpha value is -2.18. The van der Waals surface area contributed by atoms with Crippen molar-refractivity contribution in [2.45, 2.75) is 33.1 Å². The topological polar surface area (TPSA) is 88.5 Å². The van der Waals surface area contributed by atoms with Crippen LogP contribution in [0.4, 0.5) is 5.69 Å². The zero-order valence-electron chi connectivity index (χ0n) is 11.4. The minimum atomic E-state index is -0.318.